The lowest BCUT2D eigenvalue weighted by Crippen LogP contribution is -2.48. The number of benzene rings is 1. The highest BCUT2D eigenvalue weighted by atomic mass is 79.9. The van der Waals surface area contributed by atoms with E-state index in [1.807, 2.05) is 32.9 Å². The first-order chi connectivity index (χ1) is 10.8. The molecule has 1 unspecified atom stereocenters. The zero-order valence-corrected chi connectivity index (χ0v) is 15.6. The van der Waals surface area contributed by atoms with E-state index >= 15 is 0 Å². The number of ether oxygens (including phenoxy) is 2. The Kier molecular flexibility index (Phi) is 5.79. The van der Waals surface area contributed by atoms with E-state index in [0.29, 0.717) is 18.8 Å². The SMILES string of the molecule is CC(C)(C)OC(=O)N1CCCCC1COc1ccc(N)cc1Br. The maximum atomic E-state index is 12.4. The first-order valence-electron chi connectivity index (χ1n) is 7.94. The van der Waals surface area contributed by atoms with E-state index in [1.165, 1.54) is 0 Å². The lowest BCUT2D eigenvalue weighted by molar-refractivity contribution is 0.00357. The van der Waals surface area contributed by atoms with E-state index in [-0.39, 0.29) is 12.1 Å². The highest BCUT2D eigenvalue weighted by Crippen LogP contribution is 2.28. The summed E-state index contributed by atoms with van der Waals surface area (Å²) in [7, 11) is 0. The first kappa shape index (κ1) is 17.9. The number of hydrogen-bond acceptors (Lipinski definition) is 4. The standard InChI is InChI=1S/C17H25BrN2O3/c1-17(2,3)23-16(21)20-9-5-4-6-13(20)11-22-15-8-7-12(19)10-14(15)18/h7-8,10,13H,4-6,9,11,19H2,1-3H3. The summed E-state index contributed by atoms with van der Waals surface area (Å²) in [6.07, 6.45) is 2.76. The van der Waals surface area contributed by atoms with Crippen molar-refractivity contribution in [2.45, 2.75) is 51.7 Å². The molecule has 1 heterocycles. The molecule has 0 saturated carbocycles. The second kappa shape index (κ2) is 7.43. The maximum absolute atomic E-state index is 12.4. The van der Waals surface area contributed by atoms with Crippen molar-refractivity contribution in [1.82, 2.24) is 4.90 Å². The predicted octanol–water partition coefficient (Wildman–Crippen LogP) is 4.20. The second-order valence-corrected chi connectivity index (χ2v) is 7.68. The van der Waals surface area contributed by atoms with Gasteiger partial charge in [0.05, 0.1) is 10.5 Å². The molecule has 23 heavy (non-hydrogen) atoms. The maximum Gasteiger partial charge on any atom is 0.410 e. The van der Waals surface area contributed by atoms with Gasteiger partial charge in [-0.3, -0.25) is 0 Å². The molecule has 5 nitrogen and oxygen atoms in total. The van der Waals surface area contributed by atoms with Crippen LogP contribution in [0.2, 0.25) is 0 Å². The van der Waals surface area contributed by atoms with Gasteiger partial charge in [-0.2, -0.15) is 0 Å². The molecule has 1 aliphatic heterocycles. The number of amides is 1. The van der Waals surface area contributed by atoms with Crippen LogP contribution in [0.4, 0.5) is 10.5 Å². The molecule has 0 radical (unpaired) electrons. The van der Waals surface area contributed by atoms with E-state index in [0.717, 1.165) is 29.5 Å². The van der Waals surface area contributed by atoms with Gasteiger partial charge in [-0.05, 0) is 74.2 Å². The van der Waals surface area contributed by atoms with Gasteiger partial charge in [-0.15, -0.1) is 0 Å². The topological polar surface area (TPSA) is 64.8 Å². The third-order valence-electron chi connectivity index (χ3n) is 3.64. The third-order valence-corrected chi connectivity index (χ3v) is 4.26. The van der Waals surface area contributed by atoms with Crippen molar-refractivity contribution >= 4 is 27.7 Å². The summed E-state index contributed by atoms with van der Waals surface area (Å²) in [4.78, 5) is 14.2. The Labute approximate surface area is 146 Å². The van der Waals surface area contributed by atoms with Crippen LogP contribution in [-0.2, 0) is 4.74 Å². The molecule has 1 fully saturated rings. The zero-order chi connectivity index (χ0) is 17.0. The molecule has 1 saturated heterocycles. The van der Waals surface area contributed by atoms with Gasteiger partial charge in [-0.1, -0.05) is 0 Å². The van der Waals surface area contributed by atoms with Crippen molar-refractivity contribution in [3.63, 3.8) is 0 Å². The fourth-order valence-electron chi connectivity index (χ4n) is 2.55. The van der Waals surface area contributed by atoms with Crippen LogP contribution in [-0.4, -0.2) is 35.8 Å². The van der Waals surface area contributed by atoms with Crippen LogP contribution in [0.15, 0.2) is 22.7 Å². The molecule has 128 valence electrons. The number of halogens is 1. The summed E-state index contributed by atoms with van der Waals surface area (Å²) < 4.78 is 12.2. The Morgan fingerprint density at radius 3 is 2.78 bits per heavy atom. The molecule has 0 aromatic heterocycles. The highest BCUT2D eigenvalue weighted by Gasteiger charge is 2.30. The normalized spacial score (nSPS) is 18.6. The number of carbonyl (C=O) groups is 1. The number of piperidine rings is 1. The van der Waals surface area contributed by atoms with Gasteiger partial charge in [0.25, 0.3) is 0 Å². The van der Waals surface area contributed by atoms with Gasteiger partial charge in [0.2, 0.25) is 0 Å². The van der Waals surface area contributed by atoms with Crippen molar-refractivity contribution in [3.8, 4) is 5.75 Å². The first-order valence-corrected chi connectivity index (χ1v) is 8.73. The molecule has 1 aromatic carbocycles. The van der Waals surface area contributed by atoms with E-state index in [4.69, 9.17) is 15.2 Å². The van der Waals surface area contributed by atoms with Gasteiger partial charge < -0.3 is 20.1 Å². The molecule has 2 rings (SSSR count). The Hall–Kier alpha value is -1.43. The molecular formula is C17H25BrN2O3. The minimum absolute atomic E-state index is 0.0306. The number of nitrogens with two attached hydrogens (primary N) is 1. The fourth-order valence-corrected chi connectivity index (χ4v) is 3.07. The molecule has 0 spiro atoms. The van der Waals surface area contributed by atoms with E-state index < -0.39 is 5.60 Å². The number of hydrogen-bond donors (Lipinski definition) is 1. The van der Waals surface area contributed by atoms with Crippen LogP contribution in [0.1, 0.15) is 40.0 Å². The Balaban J connectivity index is 1.99. The monoisotopic (exact) mass is 384 g/mol. The number of rotatable bonds is 3. The summed E-state index contributed by atoms with van der Waals surface area (Å²) in [5.74, 6) is 0.730. The van der Waals surface area contributed by atoms with Crippen LogP contribution in [0.5, 0.6) is 5.75 Å². The summed E-state index contributed by atoms with van der Waals surface area (Å²) >= 11 is 3.45. The smallest absolute Gasteiger partial charge is 0.410 e. The minimum Gasteiger partial charge on any atom is -0.490 e. The summed E-state index contributed by atoms with van der Waals surface area (Å²) in [5.41, 5.74) is 5.92. The quantitative estimate of drug-likeness (QED) is 0.792. The summed E-state index contributed by atoms with van der Waals surface area (Å²) in [5, 5.41) is 0. The number of nitrogen functional groups attached to an aromatic ring is 1. The van der Waals surface area contributed by atoms with E-state index in [2.05, 4.69) is 15.9 Å². The molecule has 1 aliphatic rings. The van der Waals surface area contributed by atoms with Gasteiger partial charge in [0.15, 0.2) is 0 Å². The average molecular weight is 385 g/mol. The molecule has 1 aromatic rings. The van der Waals surface area contributed by atoms with Gasteiger partial charge >= 0.3 is 6.09 Å². The summed E-state index contributed by atoms with van der Waals surface area (Å²) in [6.45, 7) is 6.80. The third kappa shape index (κ3) is 5.30. The van der Waals surface area contributed by atoms with Crippen LogP contribution in [0.3, 0.4) is 0 Å². The van der Waals surface area contributed by atoms with Crippen LogP contribution in [0, 0.1) is 0 Å². The average Bonchev–Trinajstić information content (AvgIpc) is 2.45. The number of anilines is 1. The van der Waals surface area contributed by atoms with E-state index in [1.54, 1.807) is 11.0 Å². The summed E-state index contributed by atoms with van der Waals surface area (Å²) in [6, 6.07) is 5.47. The zero-order valence-electron chi connectivity index (χ0n) is 14.0. The lowest BCUT2D eigenvalue weighted by atomic mass is 10.0. The number of nitrogens with zero attached hydrogens (tertiary/aromatic N) is 1. The van der Waals surface area contributed by atoms with Gasteiger partial charge in [0, 0.05) is 12.2 Å². The van der Waals surface area contributed by atoms with Crippen LogP contribution >= 0.6 is 15.9 Å². The Bertz CT molecular complexity index is 557. The molecule has 1 amide bonds. The minimum atomic E-state index is -0.486. The molecule has 1 atom stereocenters. The molecule has 6 heteroatoms. The molecule has 2 N–H and O–H groups in total. The number of likely N-dealkylation sites (tertiary alicyclic amines) is 1. The van der Waals surface area contributed by atoms with Crippen molar-refractivity contribution < 1.29 is 14.3 Å². The van der Waals surface area contributed by atoms with Crippen molar-refractivity contribution in [3.05, 3.63) is 22.7 Å². The van der Waals surface area contributed by atoms with E-state index in [9.17, 15) is 4.79 Å². The molecule has 0 bridgehead atoms. The number of carbonyl (C=O) groups excluding carboxylic acids is 1. The largest absolute Gasteiger partial charge is 0.490 e. The van der Waals surface area contributed by atoms with Gasteiger partial charge in [-0.25, -0.2) is 4.79 Å². The second-order valence-electron chi connectivity index (χ2n) is 6.82. The van der Waals surface area contributed by atoms with Crippen LogP contribution in [0.25, 0.3) is 0 Å². The van der Waals surface area contributed by atoms with Crippen molar-refractivity contribution in [2.24, 2.45) is 0 Å². The van der Waals surface area contributed by atoms with Crippen molar-refractivity contribution in [2.75, 3.05) is 18.9 Å². The Morgan fingerprint density at radius 2 is 2.13 bits per heavy atom. The molecular weight excluding hydrogens is 360 g/mol. The fraction of sp³-hybridized carbons (Fsp3) is 0.588. The van der Waals surface area contributed by atoms with Crippen molar-refractivity contribution in [1.29, 1.82) is 0 Å². The van der Waals surface area contributed by atoms with Gasteiger partial charge in [0.1, 0.15) is 18.0 Å². The Morgan fingerprint density at radius 1 is 1.39 bits per heavy atom. The lowest BCUT2D eigenvalue weighted by Gasteiger charge is -2.36. The predicted molar refractivity (Wildman–Crippen MR) is 94.6 cm³/mol. The van der Waals surface area contributed by atoms with Crippen LogP contribution < -0.4 is 10.5 Å². The molecule has 0 aliphatic carbocycles. The highest BCUT2D eigenvalue weighted by molar-refractivity contribution is 9.10.